The van der Waals surface area contributed by atoms with Crippen molar-refractivity contribution in [2.45, 2.75) is 37.8 Å². The van der Waals surface area contributed by atoms with E-state index in [0.29, 0.717) is 6.04 Å². The lowest BCUT2D eigenvalue weighted by molar-refractivity contribution is 0.470. The molecule has 1 aliphatic carbocycles. The molecule has 1 aromatic rings. The van der Waals surface area contributed by atoms with Gasteiger partial charge in [-0.25, -0.2) is 0 Å². The van der Waals surface area contributed by atoms with E-state index in [2.05, 4.69) is 30.4 Å². The van der Waals surface area contributed by atoms with Crippen LogP contribution in [0.15, 0.2) is 30.3 Å². The van der Waals surface area contributed by atoms with E-state index >= 15 is 0 Å². The number of thioether (sulfide) groups is 1. The van der Waals surface area contributed by atoms with Gasteiger partial charge in [-0.1, -0.05) is 37.3 Å². The topological polar surface area (TPSA) is 35.8 Å². The molecule has 18 heavy (non-hydrogen) atoms. The molecule has 0 saturated heterocycles. The Bertz CT molecular complexity index is 408. The zero-order chi connectivity index (χ0) is 12.8. The van der Waals surface area contributed by atoms with Crippen LogP contribution in [-0.2, 0) is 5.54 Å². The maximum atomic E-state index is 9.68. The van der Waals surface area contributed by atoms with Gasteiger partial charge in [0.25, 0.3) is 0 Å². The van der Waals surface area contributed by atoms with Crippen molar-refractivity contribution in [3.8, 4) is 6.07 Å². The Balaban J connectivity index is 2.16. The smallest absolute Gasteiger partial charge is 0.141 e. The van der Waals surface area contributed by atoms with Gasteiger partial charge in [-0.15, -0.1) is 0 Å². The Kier molecular flexibility index (Phi) is 4.68. The van der Waals surface area contributed by atoms with E-state index in [1.807, 2.05) is 30.0 Å². The van der Waals surface area contributed by atoms with E-state index in [-0.39, 0.29) is 0 Å². The third-order valence-corrected chi connectivity index (χ3v) is 4.49. The minimum atomic E-state index is -0.512. The van der Waals surface area contributed by atoms with Crippen molar-refractivity contribution in [1.29, 1.82) is 5.26 Å². The van der Waals surface area contributed by atoms with Crippen LogP contribution in [-0.4, -0.2) is 17.5 Å². The first-order valence-electron chi connectivity index (χ1n) is 6.63. The molecule has 0 aliphatic heterocycles. The standard InChI is InChI=1S/C15H20N2S/c1-2-10-18-12-15(11-16,17-14-8-9-14)13-6-4-3-5-7-13/h3-7,14,17H,2,8-10,12H2,1H3. The van der Waals surface area contributed by atoms with Gasteiger partial charge in [-0.2, -0.15) is 17.0 Å². The minimum absolute atomic E-state index is 0.512. The summed E-state index contributed by atoms with van der Waals surface area (Å²) in [6.45, 7) is 2.18. The first kappa shape index (κ1) is 13.5. The summed E-state index contributed by atoms with van der Waals surface area (Å²) in [6.07, 6.45) is 3.56. The molecule has 96 valence electrons. The van der Waals surface area contributed by atoms with E-state index in [1.54, 1.807) is 0 Å². The van der Waals surface area contributed by atoms with Crippen LogP contribution in [0.25, 0.3) is 0 Å². The number of nitrogens with one attached hydrogen (secondary N) is 1. The highest BCUT2D eigenvalue weighted by molar-refractivity contribution is 7.99. The first-order valence-corrected chi connectivity index (χ1v) is 7.78. The highest BCUT2D eigenvalue weighted by atomic mass is 32.2. The average Bonchev–Trinajstić information content (AvgIpc) is 3.23. The van der Waals surface area contributed by atoms with Crippen LogP contribution >= 0.6 is 11.8 Å². The SMILES string of the molecule is CCCSCC(C#N)(NC1CC1)c1ccccc1. The molecule has 1 atom stereocenters. The summed E-state index contributed by atoms with van der Waals surface area (Å²) in [5, 5.41) is 13.2. The van der Waals surface area contributed by atoms with E-state index < -0.39 is 5.54 Å². The molecule has 0 spiro atoms. The summed E-state index contributed by atoms with van der Waals surface area (Å²) < 4.78 is 0. The van der Waals surface area contributed by atoms with Gasteiger partial charge < -0.3 is 0 Å². The second-order valence-corrected chi connectivity index (χ2v) is 5.96. The fourth-order valence-electron chi connectivity index (χ4n) is 2.01. The lowest BCUT2D eigenvalue weighted by Crippen LogP contribution is -2.44. The van der Waals surface area contributed by atoms with Gasteiger partial charge in [0, 0.05) is 11.8 Å². The van der Waals surface area contributed by atoms with Crippen LogP contribution in [0.2, 0.25) is 0 Å². The van der Waals surface area contributed by atoms with E-state index in [0.717, 1.165) is 23.5 Å². The van der Waals surface area contributed by atoms with Crippen molar-refractivity contribution in [2.24, 2.45) is 0 Å². The van der Waals surface area contributed by atoms with Crippen LogP contribution in [0, 0.1) is 11.3 Å². The molecule has 0 amide bonds. The van der Waals surface area contributed by atoms with Crippen LogP contribution in [0.4, 0.5) is 0 Å². The summed E-state index contributed by atoms with van der Waals surface area (Å²) in [4.78, 5) is 0. The zero-order valence-corrected chi connectivity index (χ0v) is 11.7. The maximum absolute atomic E-state index is 9.68. The number of hydrogen-bond donors (Lipinski definition) is 1. The van der Waals surface area contributed by atoms with Crippen molar-refractivity contribution < 1.29 is 0 Å². The number of rotatable bonds is 7. The minimum Gasteiger partial charge on any atom is -0.292 e. The molecule has 1 aromatic carbocycles. The van der Waals surface area contributed by atoms with Crippen LogP contribution in [0.1, 0.15) is 31.7 Å². The van der Waals surface area contributed by atoms with Gasteiger partial charge in [0.2, 0.25) is 0 Å². The normalized spacial score (nSPS) is 18.0. The third-order valence-electron chi connectivity index (χ3n) is 3.15. The van der Waals surface area contributed by atoms with Crippen molar-refractivity contribution in [1.82, 2.24) is 5.32 Å². The number of nitriles is 1. The Hall–Kier alpha value is -0.980. The Morgan fingerprint density at radius 2 is 2.11 bits per heavy atom. The van der Waals surface area contributed by atoms with Crippen molar-refractivity contribution >= 4 is 11.8 Å². The molecule has 2 nitrogen and oxygen atoms in total. The summed E-state index contributed by atoms with van der Waals surface area (Å²) in [5.74, 6) is 1.94. The second kappa shape index (κ2) is 6.26. The number of nitrogens with zero attached hydrogens (tertiary/aromatic N) is 1. The van der Waals surface area contributed by atoms with Crippen LogP contribution < -0.4 is 5.32 Å². The van der Waals surface area contributed by atoms with E-state index in [4.69, 9.17) is 0 Å². The summed E-state index contributed by atoms with van der Waals surface area (Å²) in [6, 6.07) is 13.2. The number of hydrogen-bond acceptors (Lipinski definition) is 3. The Morgan fingerprint density at radius 1 is 1.39 bits per heavy atom. The Morgan fingerprint density at radius 3 is 2.67 bits per heavy atom. The summed E-state index contributed by atoms with van der Waals surface area (Å²) in [5.41, 5.74) is 0.588. The largest absolute Gasteiger partial charge is 0.292 e. The monoisotopic (exact) mass is 260 g/mol. The predicted molar refractivity (Wildman–Crippen MR) is 77.5 cm³/mol. The molecule has 2 rings (SSSR count). The molecule has 3 heteroatoms. The van der Waals surface area contributed by atoms with Crippen molar-refractivity contribution in [2.75, 3.05) is 11.5 Å². The van der Waals surface area contributed by atoms with Gasteiger partial charge in [-0.3, -0.25) is 5.32 Å². The van der Waals surface area contributed by atoms with Gasteiger partial charge in [0.15, 0.2) is 0 Å². The maximum Gasteiger partial charge on any atom is 0.141 e. The second-order valence-electron chi connectivity index (χ2n) is 4.85. The fraction of sp³-hybridized carbons (Fsp3) is 0.533. The Labute approximate surface area is 114 Å². The predicted octanol–water partition coefficient (Wildman–Crippen LogP) is 3.30. The molecule has 0 bridgehead atoms. The molecule has 1 aliphatic rings. The highest BCUT2D eigenvalue weighted by Gasteiger charge is 2.37. The highest BCUT2D eigenvalue weighted by Crippen LogP contribution is 2.31. The molecule has 0 radical (unpaired) electrons. The summed E-state index contributed by atoms with van der Waals surface area (Å²) in [7, 11) is 0. The molecule has 0 aromatic heterocycles. The molecular formula is C15H20N2S. The van der Waals surface area contributed by atoms with Gasteiger partial charge in [-0.05, 0) is 30.6 Å². The molecule has 1 N–H and O–H groups in total. The summed E-state index contributed by atoms with van der Waals surface area (Å²) >= 11 is 1.86. The van der Waals surface area contributed by atoms with E-state index in [9.17, 15) is 5.26 Å². The quantitative estimate of drug-likeness (QED) is 0.764. The lowest BCUT2D eigenvalue weighted by atomic mass is 9.93. The fourth-order valence-corrected chi connectivity index (χ4v) is 3.06. The molecule has 1 fully saturated rings. The first-order chi connectivity index (χ1) is 8.80. The average molecular weight is 260 g/mol. The zero-order valence-electron chi connectivity index (χ0n) is 10.9. The van der Waals surface area contributed by atoms with E-state index in [1.165, 1.54) is 12.8 Å². The van der Waals surface area contributed by atoms with Gasteiger partial charge in [0.1, 0.15) is 5.54 Å². The molecule has 1 saturated carbocycles. The molecular weight excluding hydrogens is 240 g/mol. The number of benzene rings is 1. The lowest BCUT2D eigenvalue weighted by Gasteiger charge is -2.28. The van der Waals surface area contributed by atoms with Gasteiger partial charge in [0.05, 0.1) is 6.07 Å². The van der Waals surface area contributed by atoms with Crippen molar-refractivity contribution in [3.63, 3.8) is 0 Å². The third kappa shape index (κ3) is 3.28. The molecule has 1 unspecified atom stereocenters. The molecule has 0 heterocycles. The van der Waals surface area contributed by atoms with Crippen molar-refractivity contribution in [3.05, 3.63) is 35.9 Å². The van der Waals surface area contributed by atoms with Gasteiger partial charge >= 0.3 is 0 Å². The van der Waals surface area contributed by atoms with Crippen LogP contribution in [0.5, 0.6) is 0 Å². The van der Waals surface area contributed by atoms with Crippen LogP contribution in [0.3, 0.4) is 0 Å².